The van der Waals surface area contributed by atoms with Crippen LogP contribution in [0.1, 0.15) is 6.92 Å². The number of nitrogens with zero attached hydrogens (tertiary/aromatic N) is 5. The first-order valence-corrected chi connectivity index (χ1v) is 5.75. The second kappa shape index (κ2) is 3.77. The van der Waals surface area contributed by atoms with Crippen molar-refractivity contribution in [3.63, 3.8) is 0 Å². The Hall–Kier alpha value is -1.59. The van der Waals surface area contributed by atoms with Gasteiger partial charge in [-0.05, 0) is 6.92 Å². The molecule has 3 aliphatic heterocycles. The second-order valence-electron chi connectivity index (χ2n) is 4.05. The normalized spacial score (nSPS) is 24.4. The number of rotatable bonds is 0. The molecule has 3 aliphatic rings. The smallest absolute Gasteiger partial charge is 0.209 e. The molecule has 3 rings (SSSR count). The van der Waals surface area contributed by atoms with Gasteiger partial charge in [0.05, 0.1) is 19.6 Å². The molecule has 0 saturated heterocycles. The van der Waals surface area contributed by atoms with Gasteiger partial charge in [0.15, 0.2) is 0 Å². The zero-order chi connectivity index (χ0) is 11.0. The van der Waals surface area contributed by atoms with Crippen LogP contribution in [-0.4, -0.2) is 66.8 Å². The van der Waals surface area contributed by atoms with Crippen LogP contribution in [0.3, 0.4) is 0 Å². The van der Waals surface area contributed by atoms with Crippen molar-refractivity contribution in [3.8, 4) is 0 Å². The highest BCUT2D eigenvalue weighted by Gasteiger charge is 2.30. The van der Waals surface area contributed by atoms with Gasteiger partial charge >= 0.3 is 0 Å². The Morgan fingerprint density at radius 2 is 1.81 bits per heavy atom. The van der Waals surface area contributed by atoms with Crippen LogP contribution < -0.4 is 5.32 Å². The summed E-state index contributed by atoms with van der Waals surface area (Å²) in [6.45, 7) is 7.42. The van der Waals surface area contributed by atoms with E-state index in [1.165, 1.54) is 0 Å². The van der Waals surface area contributed by atoms with Gasteiger partial charge in [0.2, 0.25) is 11.9 Å². The summed E-state index contributed by atoms with van der Waals surface area (Å²) in [5, 5.41) is 3.30. The molecule has 0 saturated carbocycles. The lowest BCUT2D eigenvalue weighted by atomic mass is 10.5. The standard InChI is InChI=1S/C10H16N6/c1-8-11-4-6-15(8)10-14-5-7-16(10)9-12-2-3-13-9/h2-7H2,1H3,(H,12,13). The van der Waals surface area contributed by atoms with Crippen molar-refractivity contribution < 1.29 is 0 Å². The number of amidine groups is 1. The molecule has 0 atom stereocenters. The Balaban J connectivity index is 1.81. The second-order valence-corrected chi connectivity index (χ2v) is 4.05. The summed E-state index contributed by atoms with van der Waals surface area (Å²) in [7, 11) is 0. The summed E-state index contributed by atoms with van der Waals surface area (Å²) in [5.74, 6) is 3.03. The molecule has 0 unspecified atom stereocenters. The molecule has 0 aromatic carbocycles. The number of guanidine groups is 2. The van der Waals surface area contributed by atoms with Crippen LogP contribution in [0, 0.1) is 0 Å². The lowest BCUT2D eigenvalue weighted by Gasteiger charge is -2.27. The van der Waals surface area contributed by atoms with Crippen LogP contribution in [0.25, 0.3) is 0 Å². The van der Waals surface area contributed by atoms with E-state index in [0.717, 1.165) is 57.0 Å². The third-order valence-electron chi connectivity index (χ3n) is 3.03. The molecule has 1 N–H and O–H groups in total. The summed E-state index contributed by atoms with van der Waals surface area (Å²) in [5.41, 5.74) is 0. The van der Waals surface area contributed by atoms with Gasteiger partial charge in [0.1, 0.15) is 5.84 Å². The third kappa shape index (κ3) is 1.45. The summed E-state index contributed by atoms with van der Waals surface area (Å²) in [6.07, 6.45) is 0. The highest BCUT2D eigenvalue weighted by Crippen LogP contribution is 2.12. The van der Waals surface area contributed by atoms with Gasteiger partial charge in [-0.25, -0.2) is 0 Å². The molecule has 0 amide bonds. The van der Waals surface area contributed by atoms with Crippen LogP contribution in [-0.2, 0) is 0 Å². The van der Waals surface area contributed by atoms with Crippen LogP contribution in [0.15, 0.2) is 15.0 Å². The quantitative estimate of drug-likeness (QED) is 0.590. The lowest BCUT2D eigenvalue weighted by Crippen LogP contribution is -2.49. The number of nitrogens with one attached hydrogen (secondary N) is 1. The van der Waals surface area contributed by atoms with Crippen LogP contribution in [0.4, 0.5) is 0 Å². The van der Waals surface area contributed by atoms with Crippen molar-refractivity contribution in [2.24, 2.45) is 15.0 Å². The highest BCUT2D eigenvalue weighted by atomic mass is 15.5. The van der Waals surface area contributed by atoms with E-state index < -0.39 is 0 Å². The van der Waals surface area contributed by atoms with Crippen molar-refractivity contribution >= 4 is 17.8 Å². The van der Waals surface area contributed by atoms with Gasteiger partial charge in [-0.1, -0.05) is 0 Å². The molecule has 6 heteroatoms. The fourth-order valence-electron chi connectivity index (χ4n) is 2.24. The zero-order valence-electron chi connectivity index (χ0n) is 9.48. The third-order valence-corrected chi connectivity index (χ3v) is 3.03. The maximum absolute atomic E-state index is 4.56. The van der Waals surface area contributed by atoms with Crippen molar-refractivity contribution in [2.75, 3.05) is 39.3 Å². The average Bonchev–Trinajstić information content (AvgIpc) is 2.95. The summed E-state index contributed by atoms with van der Waals surface area (Å²) >= 11 is 0. The van der Waals surface area contributed by atoms with E-state index in [0.29, 0.717) is 0 Å². The summed E-state index contributed by atoms with van der Waals surface area (Å²) in [6, 6.07) is 0. The number of hydrogen-bond donors (Lipinski definition) is 1. The fraction of sp³-hybridized carbons (Fsp3) is 0.700. The van der Waals surface area contributed by atoms with Crippen molar-refractivity contribution in [1.82, 2.24) is 15.1 Å². The van der Waals surface area contributed by atoms with E-state index >= 15 is 0 Å². The first-order chi connectivity index (χ1) is 7.86. The van der Waals surface area contributed by atoms with Gasteiger partial charge < -0.3 is 5.32 Å². The Morgan fingerprint density at radius 3 is 2.50 bits per heavy atom. The Labute approximate surface area is 94.8 Å². The Bertz CT molecular complexity index is 383. The molecule has 0 aromatic heterocycles. The molecule has 3 heterocycles. The minimum absolute atomic E-state index is 0.847. The van der Waals surface area contributed by atoms with Crippen molar-refractivity contribution in [2.45, 2.75) is 6.92 Å². The summed E-state index contributed by atoms with van der Waals surface area (Å²) < 4.78 is 0. The van der Waals surface area contributed by atoms with Gasteiger partial charge in [0, 0.05) is 19.6 Å². The molecule has 0 fully saturated rings. The fourth-order valence-corrected chi connectivity index (χ4v) is 2.24. The Kier molecular flexibility index (Phi) is 2.27. The van der Waals surface area contributed by atoms with Crippen molar-refractivity contribution in [1.29, 1.82) is 0 Å². The topological polar surface area (TPSA) is 55.6 Å². The van der Waals surface area contributed by atoms with E-state index in [-0.39, 0.29) is 0 Å². The maximum Gasteiger partial charge on any atom is 0.209 e. The summed E-state index contributed by atoms with van der Waals surface area (Å²) in [4.78, 5) is 17.7. The predicted octanol–water partition coefficient (Wildman–Crippen LogP) is -0.649. The monoisotopic (exact) mass is 220 g/mol. The molecule has 0 aliphatic carbocycles. The first-order valence-electron chi connectivity index (χ1n) is 5.75. The maximum atomic E-state index is 4.56. The molecular weight excluding hydrogens is 204 g/mol. The van der Waals surface area contributed by atoms with E-state index in [1.54, 1.807) is 0 Å². The molecule has 86 valence electrons. The SMILES string of the molecule is CC1=NCCN1C1=NCCN1C1=NCCN1. The van der Waals surface area contributed by atoms with Crippen LogP contribution >= 0.6 is 0 Å². The Morgan fingerprint density at radius 1 is 1.00 bits per heavy atom. The highest BCUT2D eigenvalue weighted by molar-refractivity contribution is 6.07. The largest absolute Gasteiger partial charge is 0.354 e. The van der Waals surface area contributed by atoms with Gasteiger partial charge in [0.25, 0.3) is 0 Å². The van der Waals surface area contributed by atoms with E-state index in [4.69, 9.17) is 0 Å². The predicted molar refractivity (Wildman–Crippen MR) is 64.0 cm³/mol. The van der Waals surface area contributed by atoms with E-state index in [2.05, 4.69) is 30.1 Å². The van der Waals surface area contributed by atoms with Crippen LogP contribution in [0.5, 0.6) is 0 Å². The minimum Gasteiger partial charge on any atom is -0.354 e. The van der Waals surface area contributed by atoms with Crippen LogP contribution in [0.2, 0.25) is 0 Å². The molecule has 0 aromatic rings. The molecule has 16 heavy (non-hydrogen) atoms. The number of aliphatic imine (C=N–C) groups is 3. The number of hydrogen-bond acceptors (Lipinski definition) is 6. The zero-order valence-corrected chi connectivity index (χ0v) is 9.48. The average molecular weight is 220 g/mol. The molecule has 0 radical (unpaired) electrons. The molecule has 6 nitrogen and oxygen atoms in total. The first kappa shape index (κ1) is 9.62. The molecule has 0 spiro atoms. The van der Waals surface area contributed by atoms with Crippen molar-refractivity contribution in [3.05, 3.63) is 0 Å². The molecular formula is C10H16N6. The van der Waals surface area contributed by atoms with E-state index in [9.17, 15) is 0 Å². The van der Waals surface area contributed by atoms with Gasteiger partial charge in [-0.15, -0.1) is 0 Å². The minimum atomic E-state index is 0.847. The lowest BCUT2D eigenvalue weighted by molar-refractivity contribution is 0.543. The van der Waals surface area contributed by atoms with Gasteiger partial charge in [-0.3, -0.25) is 24.8 Å². The van der Waals surface area contributed by atoms with E-state index in [1.807, 2.05) is 6.92 Å². The molecule has 0 bridgehead atoms. The van der Waals surface area contributed by atoms with Gasteiger partial charge in [-0.2, -0.15) is 0 Å².